The summed E-state index contributed by atoms with van der Waals surface area (Å²) in [5, 5.41) is 16.7. The van der Waals surface area contributed by atoms with Crippen LogP contribution in [0.2, 0.25) is 0 Å². The zero-order chi connectivity index (χ0) is 7.98. The van der Waals surface area contributed by atoms with Crippen molar-refractivity contribution < 1.29 is 15.3 Å². The van der Waals surface area contributed by atoms with Crippen LogP contribution < -0.4 is 0 Å². The van der Waals surface area contributed by atoms with Gasteiger partial charge in [0.2, 0.25) is 0 Å². The van der Waals surface area contributed by atoms with E-state index in [0.29, 0.717) is 12.8 Å². The molecule has 0 aromatic heterocycles. The van der Waals surface area contributed by atoms with Crippen LogP contribution in [-0.2, 0) is 4.89 Å². The molecule has 0 rings (SSSR count). The molecule has 0 heterocycles. The molecule has 0 aliphatic rings. The van der Waals surface area contributed by atoms with Crippen LogP contribution in [0.1, 0.15) is 19.8 Å². The van der Waals surface area contributed by atoms with Gasteiger partial charge in [0, 0.05) is 6.61 Å². The molecule has 0 amide bonds. The fourth-order valence-corrected chi connectivity index (χ4v) is 0.666. The van der Waals surface area contributed by atoms with Crippen LogP contribution in [-0.4, -0.2) is 23.1 Å². The minimum atomic E-state index is -0.327. The number of rotatable bonds is 5. The van der Waals surface area contributed by atoms with E-state index >= 15 is 0 Å². The Bertz CT molecular complexity index is 101. The summed E-state index contributed by atoms with van der Waals surface area (Å²) in [7, 11) is 0. The van der Waals surface area contributed by atoms with E-state index in [1.54, 1.807) is 6.92 Å². The first kappa shape index (κ1) is 9.62. The third kappa shape index (κ3) is 3.61. The Morgan fingerprint density at radius 3 is 2.60 bits per heavy atom. The van der Waals surface area contributed by atoms with Crippen LogP contribution >= 0.6 is 0 Å². The number of hydrogen-bond donors (Lipinski definition) is 2. The Labute approximate surface area is 60.9 Å². The molecule has 0 aromatic rings. The van der Waals surface area contributed by atoms with Gasteiger partial charge in [0.1, 0.15) is 6.10 Å². The molecule has 0 aromatic carbocycles. The third-order valence-corrected chi connectivity index (χ3v) is 1.30. The summed E-state index contributed by atoms with van der Waals surface area (Å²) < 4.78 is 0. The smallest absolute Gasteiger partial charge is 0.113 e. The topological polar surface area (TPSA) is 49.7 Å². The van der Waals surface area contributed by atoms with Gasteiger partial charge in [0.25, 0.3) is 0 Å². The van der Waals surface area contributed by atoms with E-state index in [9.17, 15) is 0 Å². The van der Waals surface area contributed by atoms with Gasteiger partial charge in [-0.3, -0.25) is 5.26 Å². The largest absolute Gasteiger partial charge is 0.396 e. The van der Waals surface area contributed by atoms with E-state index in [4.69, 9.17) is 10.4 Å². The Morgan fingerprint density at radius 1 is 1.70 bits per heavy atom. The average molecular weight is 146 g/mol. The van der Waals surface area contributed by atoms with E-state index in [2.05, 4.69) is 11.5 Å². The highest BCUT2D eigenvalue weighted by Gasteiger charge is 2.07. The summed E-state index contributed by atoms with van der Waals surface area (Å²) in [6.45, 7) is 5.51. The van der Waals surface area contributed by atoms with Crippen molar-refractivity contribution in [2.75, 3.05) is 6.61 Å². The van der Waals surface area contributed by atoms with Crippen molar-refractivity contribution >= 4 is 0 Å². The molecule has 0 fully saturated rings. The second kappa shape index (κ2) is 5.41. The van der Waals surface area contributed by atoms with Gasteiger partial charge in [-0.15, -0.1) is 0 Å². The van der Waals surface area contributed by atoms with Crippen LogP contribution in [0.15, 0.2) is 12.2 Å². The van der Waals surface area contributed by atoms with Gasteiger partial charge in [-0.05, 0) is 25.3 Å². The molecule has 0 aliphatic heterocycles. The van der Waals surface area contributed by atoms with E-state index in [1.165, 1.54) is 0 Å². The normalized spacial score (nSPS) is 13.1. The molecular weight excluding hydrogens is 132 g/mol. The first-order valence-electron chi connectivity index (χ1n) is 3.28. The van der Waals surface area contributed by atoms with Gasteiger partial charge < -0.3 is 5.11 Å². The third-order valence-electron chi connectivity index (χ3n) is 1.30. The molecule has 1 unspecified atom stereocenters. The van der Waals surface area contributed by atoms with Gasteiger partial charge >= 0.3 is 0 Å². The zero-order valence-corrected chi connectivity index (χ0v) is 6.21. The highest BCUT2D eigenvalue weighted by Crippen LogP contribution is 2.08. The second-order valence-corrected chi connectivity index (χ2v) is 2.31. The molecular formula is C7H14O3. The minimum absolute atomic E-state index is 0.118. The SMILES string of the molecule is C=C(C)C(CCCO)OO. The van der Waals surface area contributed by atoms with Crippen molar-refractivity contribution in [3.05, 3.63) is 12.2 Å². The average Bonchev–Trinajstić information content (AvgIpc) is 1.89. The lowest BCUT2D eigenvalue weighted by molar-refractivity contribution is -0.269. The predicted molar refractivity (Wildman–Crippen MR) is 38.6 cm³/mol. The van der Waals surface area contributed by atoms with Crippen molar-refractivity contribution in [2.45, 2.75) is 25.9 Å². The maximum absolute atomic E-state index is 8.43. The number of aliphatic hydroxyl groups is 1. The first-order valence-corrected chi connectivity index (χ1v) is 3.28. The van der Waals surface area contributed by atoms with Crippen LogP contribution in [0.3, 0.4) is 0 Å². The highest BCUT2D eigenvalue weighted by molar-refractivity contribution is 4.96. The van der Waals surface area contributed by atoms with Crippen LogP contribution in [0.4, 0.5) is 0 Å². The highest BCUT2D eigenvalue weighted by atomic mass is 17.1. The maximum Gasteiger partial charge on any atom is 0.113 e. The lowest BCUT2D eigenvalue weighted by atomic mass is 10.1. The van der Waals surface area contributed by atoms with Gasteiger partial charge in [-0.1, -0.05) is 6.58 Å². The molecule has 0 saturated carbocycles. The van der Waals surface area contributed by atoms with Crippen molar-refractivity contribution in [1.82, 2.24) is 0 Å². The van der Waals surface area contributed by atoms with Crippen molar-refractivity contribution in [1.29, 1.82) is 0 Å². The molecule has 0 radical (unpaired) electrons. The van der Waals surface area contributed by atoms with Gasteiger partial charge in [-0.25, -0.2) is 4.89 Å². The van der Waals surface area contributed by atoms with E-state index in [0.717, 1.165) is 5.57 Å². The molecule has 10 heavy (non-hydrogen) atoms. The van der Waals surface area contributed by atoms with Crippen molar-refractivity contribution in [2.24, 2.45) is 0 Å². The fraction of sp³-hybridized carbons (Fsp3) is 0.714. The molecule has 0 spiro atoms. The standard InChI is InChI=1S/C7H14O3/c1-6(2)7(10-9)4-3-5-8/h7-9H,1,3-5H2,2H3. The van der Waals surface area contributed by atoms with Crippen molar-refractivity contribution in [3.8, 4) is 0 Å². The van der Waals surface area contributed by atoms with Crippen LogP contribution in [0, 0.1) is 0 Å². The predicted octanol–water partition coefficient (Wildman–Crippen LogP) is 1.19. The van der Waals surface area contributed by atoms with Gasteiger partial charge in [0.05, 0.1) is 0 Å². The van der Waals surface area contributed by atoms with Crippen LogP contribution in [0.5, 0.6) is 0 Å². The Hall–Kier alpha value is -0.380. The molecule has 1 atom stereocenters. The Balaban J connectivity index is 3.50. The monoisotopic (exact) mass is 146 g/mol. The maximum atomic E-state index is 8.43. The van der Waals surface area contributed by atoms with Gasteiger partial charge in [0.15, 0.2) is 0 Å². The fourth-order valence-electron chi connectivity index (χ4n) is 0.666. The Kier molecular flexibility index (Phi) is 5.20. The number of aliphatic hydroxyl groups excluding tert-OH is 1. The van der Waals surface area contributed by atoms with E-state index in [-0.39, 0.29) is 12.7 Å². The number of hydrogen-bond acceptors (Lipinski definition) is 3. The molecule has 0 saturated heterocycles. The Morgan fingerprint density at radius 2 is 2.30 bits per heavy atom. The van der Waals surface area contributed by atoms with Crippen LogP contribution in [0.25, 0.3) is 0 Å². The molecule has 60 valence electrons. The van der Waals surface area contributed by atoms with E-state index < -0.39 is 0 Å². The lowest BCUT2D eigenvalue weighted by Gasteiger charge is -2.11. The quantitative estimate of drug-likeness (QED) is 0.348. The summed E-state index contributed by atoms with van der Waals surface area (Å²) >= 11 is 0. The minimum Gasteiger partial charge on any atom is -0.396 e. The summed E-state index contributed by atoms with van der Waals surface area (Å²) in [6.07, 6.45) is 0.910. The molecule has 3 nitrogen and oxygen atoms in total. The summed E-state index contributed by atoms with van der Waals surface area (Å²) in [5.41, 5.74) is 0.774. The molecule has 2 N–H and O–H groups in total. The van der Waals surface area contributed by atoms with E-state index in [1.807, 2.05) is 0 Å². The molecule has 0 aliphatic carbocycles. The summed E-state index contributed by atoms with van der Waals surface area (Å²) in [4.78, 5) is 4.10. The second-order valence-electron chi connectivity index (χ2n) is 2.31. The van der Waals surface area contributed by atoms with Crippen molar-refractivity contribution in [3.63, 3.8) is 0 Å². The zero-order valence-electron chi connectivity index (χ0n) is 6.21. The van der Waals surface area contributed by atoms with Gasteiger partial charge in [-0.2, -0.15) is 0 Å². The first-order chi connectivity index (χ1) is 4.72. The molecule has 0 bridgehead atoms. The summed E-state index contributed by atoms with van der Waals surface area (Å²) in [5.74, 6) is 0. The molecule has 3 heteroatoms. The summed E-state index contributed by atoms with van der Waals surface area (Å²) in [6, 6.07) is 0. The lowest BCUT2D eigenvalue weighted by Crippen LogP contribution is -2.11.